The molecule has 1 aromatic heterocycles. The fraction of sp³-hybridized carbons (Fsp3) is 0.800. The summed E-state index contributed by atoms with van der Waals surface area (Å²) in [5.74, 6) is 1.51. The van der Waals surface area contributed by atoms with E-state index in [-0.39, 0.29) is 23.8 Å². The number of nitrogens with zero attached hydrogens (tertiary/aromatic N) is 3. The minimum atomic E-state index is -0.146. The zero-order chi connectivity index (χ0) is 15.5. The summed E-state index contributed by atoms with van der Waals surface area (Å²) in [7, 11) is 0. The molecule has 118 valence electrons. The monoisotopic (exact) mass is 295 g/mol. The second kappa shape index (κ2) is 6.56. The lowest BCUT2D eigenvalue weighted by Crippen LogP contribution is -2.41. The van der Waals surface area contributed by atoms with Gasteiger partial charge in [-0.25, -0.2) is 0 Å². The first-order chi connectivity index (χ1) is 9.90. The molecule has 1 fully saturated rings. The zero-order valence-electron chi connectivity index (χ0n) is 13.1. The van der Waals surface area contributed by atoms with E-state index in [2.05, 4.69) is 10.1 Å². The van der Waals surface area contributed by atoms with Crippen LogP contribution in [0.4, 0.5) is 0 Å². The molecule has 1 N–H and O–H groups in total. The van der Waals surface area contributed by atoms with E-state index in [4.69, 9.17) is 4.52 Å². The molecule has 6 heteroatoms. The Hall–Kier alpha value is -1.43. The predicted molar refractivity (Wildman–Crippen MR) is 77.7 cm³/mol. The average Bonchev–Trinajstić information content (AvgIpc) is 2.94. The minimum Gasteiger partial charge on any atom is -0.396 e. The van der Waals surface area contributed by atoms with Gasteiger partial charge in [-0.05, 0) is 18.8 Å². The standard InChI is InChI=1S/C15H25N3O3/c1-15(2,3)14-16-12(21-17-14)6-7-13(20)18-8-4-5-11(9-18)10-19/h11,19H,4-10H2,1-3H3. The van der Waals surface area contributed by atoms with Crippen LogP contribution in [0.15, 0.2) is 4.52 Å². The largest absolute Gasteiger partial charge is 0.396 e. The third kappa shape index (κ3) is 4.27. The third-order valence-electron chi connectivity index (χ3n) is 3.82. The van der Waals surface area contributed by atoms with Gasteiger partial charge < -0.3 is 14.5 Å². The fourth-order valence-electron chi connectivity index (χ4n) is 2.47. The summed E-state index contributed by atoms with van der Waals surface area (Å²) in [6.45, 7) is 7.67. The zero-order valence-corrected chi connectivity index (χ0v) is 13.1. The van der Waals surface area contributed by atoms with Crippen molar-refractivity contribution in [3.63, 3.8) is 0 Å². The first-order valence-electron chi connectivity index (χ1n) is 7.62. The Balaban J connectivity index is 1.85. The molecule has 21 heavy (non-hydrogen) atoms. The number of hydrogen-bond donors (Lipinski definition) is 1. The third-order valence-corrected chi connectivity index (χ3v) is 3.82. The van der Waals surface area contributed by atoms with Gasteiger partial charge in [0.15, 0.2) is 5.82 Å². The van der Waals surface area contributed by atoms with E-state index in [1.165, 1.54) is 0 Å². The van der Waals surface area contributed by atoms with E-state index in [0.29, 0.717) is 31.1 Å². The number of piperidine rings is 1. The molecular weight excluding hydrogens is 270 g/mol. The number of carbonyl (C=O) groups is 1. The van der Waals surface area contributed by atoms with Crippen molar-refractivity contribution in [2.45, 2.75) is 51.9 Å². The number of carbonyl (C=O) groups excluding carboxylic acids is 1. The Kier molecular flexibility index (Phi) is 4.98. The molecule has 6 nitrogen and oxygen atoms in total. The lowest BCUT2D eigenvalue weighted by molar-refractivity contribution is -0.133. The molecule has 1 aliphatic rings. The van der Waals surface area contributed by atoms with Crippen LogP contribution in [0.1, 0.15) is 51.7 Å². The topological polar surface area (TPSA) is 79.5 Å². The molecule has 1 aromatic rings. The summed E-state index contributed by atoms with van der Waals surface area (Å²) >= 11 is 0. The molecule has 1 unspecified atom stereocenters. The van der Waals surface area contributed by atoms with E-state index in [1.54, 1.807) is 0 Å². The van der Waals surface area contributed by atoms with Gasteiger partial charge >= 0.3 is 0 Å². The van der Waals surface area contributed by atoms with Gasteiger partial charge in [0, 0.05) is 38.0 Å². The molecule has 0 aromatic carbocycles. The van der Waals surface area contributed by atoms with Crippen LogP contribution in [0.25, 0.3) is 0 Å². The Morgan fingerprint density at radius 3 is 2.86 bits per heavy atom. The number of aromatic nitrogens is 2. The van der Waals surface area contributed by atoms with Crippen molar-refractivity contribution in [2.24, 2.45) is 5.92 Å². The fourth-order valence-corrected chi connectivity index (χ4v) is 2.47. The molecule has 1 atom stereocenters. The van der Waals surface area contributed by atoms with Crippen molar-refractivity contribution in [1.29, 1.82) is 0 Å². The Morgan fingerprint density at radius 2 is 2.24 bits per heavy atom. The highest BCUT2D eigenvalue weighted by Crippen LogP contribution is 2.20. The number of rotatable bonds is 4. The van der Waals surface area contributed by atoms with Gasteiger partial charge in [0.05, 0.1) is 0 Å². The molecular formula is C15H25N3O3. The molecule has 0 radical (unpaired) electrons. The van der Waals surface area contributed by atoms with Gasteiger partial charge in [-0.15, -0.1) is 0 Å². The number of amides is 1. The second-order valence-corrected chi connectivity index (χ2v) is 6.79. The van der Waals surface area contributed by atoms with Crippen LogP contribution in [-0.2, 0) is 16.6 Å². The van der Waals surface area contributed by atoms with Crippen molar-refractivity contribution in [2.75, 3.05) is 19.7 Å². The van der Waals surface area contributed by atoms with Crippen LogP contribution in [0.5, 0.6) is 0 Å². The van der Waals surface area contributed by atoms with E-state index >= 15 is 0 Å². The van der Waals surface area contributed by atoms with E-state index in [1.807, 2.05) is 25.7 Å². The summed E-state index contributed by atoms with van der Waals surface area (Å²) in [6.07, 6.45) is 2.82. The molecule has 0 bridgehead atoms. The van der Waals surface area contributed by atoms with Crippen molar-refractivity contribution >= 4 is 5.91 Å². The average molecular weight is 295 g/mol. The van der Waals surface area contributed by atoms with Gasteiger partial charge in [0.2, 0.25) is 11.8 Å². The number of aryl methyl sites for hydroxylation is 1. The van der Waals surface area contributed by atoms with Crippen LogP contribution in [0, 0.1) is 5.92 Å². The van der Waals surface area contributed by atoms with Crippen LogP contribution in [0.3, 0.4) is 0 Å². The van der Waals surface area contributed by atoms with Crippen molar-refractivity contribution in [3.8, 4) is 0 Å². The smallest absolute Gasteiger partial charge is 0.227 e. The Morgan fingerprint density at radius 1 is 1.48 bits per heavy atom. The lowest BCUT2D eigenvalue weighted by atomic mass is 9.96. The van der Waals surface area contributed by atoms with Gasteiger partial charge in [0.1, 0.15) is 0 Å². The van der Waals surface area contributed by atoms with Crippen molar-refractivity contribution < 1.29 is 14.4 Å². The van der Waals surface area contributed by atoms with Gasteiger partial charge in [0.25, 0.3) is 0 Å². The molecule has 0 aliphatic carbocycles. The molecule has 0 spiro atoms. The Bertz CT molecular complexity index is 479. The first kappa shape index (κ1) is 15.9. The maximum atomic E-state index is 12.2. The van der Waals surface area contributed by atoms with Crippen LogP contribution in [-0.4, -0.2) is 45.8 Å². The van der Waals surface area contributed by atoms with Crippen molar-refractivity contribution in [3.05, 3.63) is 11.7 Å². The highest BCUT2D eigenvalue weighted by molar-refractivity contribution is 5.76. The quantitative estimate of drug-likeness (QED) is 0.911. The SMILES string of the molecule is CC(C)(C)c1noc(CCC(=O)N2CCCC(CO)C2)n1. The Labute approximate surface area is 125 Å². The summed E-state index contributed by atoms with van der Waals surface area (Å²) < 4.78 is 5.20. The van der Waals surface area contributed by atoms with Crippen molar-refractivity contribution in [1.82, 2.24) is 15.0 Å². The normalized spacial score (nSPS) is 19.8. The van der Waals surface area contributed by atoms with Gasteiger partial charge in [-0.1, -0.05) is 25.9 Å². The van der Waals surface area contributed by atoms with Gasteiger partial charge in [-0.3, -0.25) is 4.79 Å². The van der Waals surface area contributed by atoms with E-state index in [0.717, 1.165) is 19.4 Å². The summed E-state index contributed by atoms with van der Waals surface area (Å²) in [5, 5.41) is 13.2. The summed E-state index contributed by atoms with van der Waals surface area (Å²) in [6, 6.07) is 0. The first-order valence-corrected chi connectivity index (χ1v) is 7.62. The predicted octanol–water partition coefficient (Wildman–Crippen LogP) is 1.53. The number of aliphatic hydroxyl groups excluding tert-OH is 1. The minimum absolute atomic E-state index is 0.101. The van der Waals surface area contributed by atoms with Gasteiger partial charge in [-0.2, -0.15) is 4.98 Å². The maximum Gasteiger partial charge on any atom is 0.227 e. The number of likely N-dealkylation sites (tertiary alicyclic amines) is 1. The summed E-state index contributed by atoms with van der Waals surface area (Å²) in [4.78, 5) is 18.4. The molecule has 2 heterocycles. The summed E-state index contributed by atoms with van der Waals surface area (Å²) in [5.41, 5.74) is -0.146. The van der Waals surface area contributed by atoms with Crippen LogP contribution < -0.4 is 0 Å². The highest BCUT2D eigenvalue weighted by Gasteiger charge is 2.24. The molecule has 0 saturated carbocycles. The lowest BCUT2D eigenvalue weighted by Gasteiger charge is -2.31. The van der Waals surface area contributed by atoms with E-state index < -0.39 is 0 Å². The molecule has 2 rings (SSSR count). The molecule has 1 saturated heterocycles. The highest BCUT2D eigenvalue weighted by atomic mass is 16.5. The molecule has 1 amide bonds. The number of aliphatic hydroxyl groups is 1. The maximum absolute atomic E-state index is 12.2. The van der Waals surface area contributed by atoms with E-state index in [9.17, 15) is 9.90 Å². The van der Waals surface area contributed by atoms with Crippen LogP contribution >= 0.6 is 0 Å². The molecule has 1 aliphatic heterocycles. The second-order valence-electron chi connectivity index (χ2n) is 6.79. The van der Waals surface area contributed by atoms with Crippen LogP contribution in [0.2, 0.25) is 0 Å². The number of hydrogen-bond acceptors (Lipinski definition) is 5.